The second kappa shape index (κ2) is 9.20. The maximum Gasteiger partial charge on any atom is 0.233 e. The van der Waals surface area contributed by atoms with Crippen LogP contribution in [0.5, 0.6) is 0 Å². The van der Waals surface area contributed by atoms with Crippen molar-refractivity contribution in [3.63, 3.8) is 0 Å². The Bertz CT molecular complexity index is 476. The summed E-state index contributed by atoms with van der Waals surface area (Å²) in [5.41, 5.74) is 0.0259. The number of pyridine rings is 1. The van der Waals surface area contributed by atoms with Gasteiger partial charge in [-0.2, -0.15) is 0 Å². The summed E-state index contributed by atoms with van der Waals surface area (Å²) >= 11 is 0. The summed E-state index contributed by atoms with van der Waals surface area (Å²) in [7, 11) is 1.59. The topological polar surface area (TPSA) is 62.7 Å². The smallest absolute Gasteiger partial charge is 0.233 e. The van der Waals surface area contributed by atoms with Crippen molar-refractivity contribution in [2.24, 2.45) is 5.41 Å². The third-order valence-corrected chi connectivity index (χ3v) is 2.76. The minimum Gasteiger partial charge on any atom is -0.508 e. The average molecular weight is 308 g/mol. The van der Waals surface area contributed by atoms with Crippen LogP contribution >= 0.6 is 0 Å². The molecule has 0 saturated carbocycles. The molecular formula is C17H28N2O3. The first kappa shape index (κ1) is 20.1. The maximum absolute atomic E-state index is 12.5. The predicted octanol–water partition coefficient (Wildman–Crippen LogP) is 3.66. The molecule has 1 N–H and O–H groups in total. The molecule has 0 aromatic carbocycles. The molecule has 0 fully saturated rings. The second-order valence-corrected chi connectivity index (χ2v) is 5.55. The van der Waals surface area contributed by atoms with Gasteiger partial charge in [0.2, 0.25) is 5.91 Å². The molecule has 1 heterocycles. The van der Waals surface area contributed by atoms with E-state index in [9.17, 15) is 9.90 Å². The summed E-state index contributed by atoms with van der Waals surface area (Å²) in [6, 6.07) is 3.37. The van der Waals surface area contributed by atoms with Crippen LogP contribution in [0.1, 0.15) is 40.2 Å². The average Bonchev–Trinajstić information content (AvgIpc) is 2.49. The van der Waals surface area contributed by atoms with E-state index in [1.54, 1.807) is 24.1 Å². The third-order valence-electron chi connectivity index (χ3n) is 2.76. The van der Waals surface area contributed by atoms with E-state index >= 15 is 0 Å². The first-order valence-corrected chi connectivity index (χ1v) is 7.42. The van der Waals surface area contributed by atoms with Crippen LogP contribution in [0.25, 0.3) is 5.76 Å². The summed E-state index contributed by atoms with van der Waals surface area (Å²) in [5, 5.41) is 9.30. The Morgan fingerprint density at radius 2 is 1.95 bits per heavy atom. The van der Waals surface area contributed by atoms with Crippen molar-refractivity contribution in [1.29, 1.82) is 0 Å². The summed E-state index contributed by atoms with van der Waals surface area (Å²) in [6.45, 7) is 13.9. The largest absolute Gasteiger partial charge is 0.508 e. The lowest BCUT2D eigenvalue weighted by molar-refractivity contribution is -0.126. The molecule has 1 aromatic heterocycles. The molecule has 22 heavy (non-hydrogen) atoms. The van der Waals surface area contributed by atoms with Gasteiger partial charge in [0.1, 0.15) is 11.6 Å². The standard InChI is InChI=1S/C15H22N2O3.C2H6/c1-11(18)12-6-7-13(16-10-12)17(8-9-20-5)14(19)15(2,3)4;1-2/h6-7,10,18H,1,8-9H2,2-5H3;1-2H3. The number of amides is 1. The lowest BCUT2D eigenvalue weighted by Crippen LogP contribution is -2.41. The molecule has 0 spiro atoms. The fourth-order valence-corrected chi connectivity index (χ4v) is 1.62. The number of hydrogen-bond donors (Lipinski definition) is 1. The summed E-state index contributed by atoms with van der Waals surface area (Å²) < 4.78 is 5.04. The van der Waals surface area contributed by atoms with Gasteiger partial charge in [-0.15, -0.1) is 0 Å². The quantitative estimate of drug-likeness (QED) is 0.843. The highest BCUT2D eigenvalue weighted by Crippen LogP contribution is 2.22. The molecule has 5 heteroatoms. The molecule has 0 saturated heterocycles. The Morgan fingerprint density at radius 3 is 2.32 bits per heavy atom. The molecule has 1 rings (SSSR count). The van der Waals surface area contributed by atoms with Gasteiger partial charge in [-0.05, 0) is 12.1 Å². The van der Waals surface area contributed by atoms with Crippen LogP contribution in [-0.4, -0.2) is 36.3 Å². The molecule has 0 aliphatic heterocycles. The molecule has 0 radical (unpaired) electrons. The fourth-order valence-electron chi connectivity index (χ4n) is 1.62. The summed E-state index contributed by atoms with van der Waals surface area (Å²) in [4.78, 5) is 18.3. The Morgan fingerprint density at radius 1 is 1.36 bits per heavy atom. The van der Waals surface area contributed by atoms with Crippen molar-refractivity contribution in [2.75, 3.05) is 25.2 Å². The molecule has 1 aromatic rings. The molecule has 0 aliphatic carbocycles. The number of carbonyl (C=O) groups excluding carboxylic acids is 1. The van der Waals surface area contributed by atoms with E-state index in [0.29, 0.717) is 24.5 Å². The second-order valence-electron chi connectivity index (χ2n) is 5.55. The van der Waals surface area contributed by atoms with E-state index in [4.69, 9.17) is 4.74 Å². The number of carbonyl (C=O) groups is 1. The molecule has 0 bridgehead atoms. The molecule has 1 amide bonds. The number of methoxy groups -OCH3 is 1. The van der Waals surface area contributed by atoms with Crippen molar-refractivity contribution in [3.05, 3.63) is 30.5 Å². The zero-order valence-corrected chi connectivity index (χ0v) is 14.5. The Labute approximate surface area is 133 Å². The van der Waals surface area contributed by atoms with Crippen LogP contribution < -0.4 is 4.90 Å². The van der Waals surface area contributed by atoms with E-state index in [-0.39, 0.29) is 11.7 Å². The Hall–Kier alpha value is -1.88. The number of rotatable bonds is 5. The molecule has 0 atom stereocenters. The lowest BCUT2D eigenvalue weighted by atomic mass is 9.94. The van der Waals surface area contributed by atoms with Gasteiger partial charge in [0.25, 0.3) is 0 Å². The number of aliphatic hydroxyl groups is 1. The first-order valence-electron chi connectivity index (χ1n) is 7.42. The molecule has 0 aliphatic rings. The van der Waals surface area contributed by atoms with Gasteiger partial charge in [0, 0.05) is 24.3 Å². The highest BCUT2D eigenvalue weighted by molar-refractivity contribution is 5.96. The van der Waals surface area contributed by atoms with Crippen molar-refractivity contribution < 1.29 is 14.6 Å². The van der Waals surface area contributed by atoms with Gasteiger partial charge in [-0.1, -0.05) is 41.2 Å². The van der Waals surface area contributed by atoms with Crippen molar-refractivity contribution in [3.8, 4) is 0 Å². The Kier molecular flexibility index (Phi) is 8.42. The third kappa shape index (κ3) is 5.85. The number of ether oxygens (including phenoxy) is 1. The molecule has 5 nitrogen and oxygen atoms in total. The van der Waals surface area contributed by atoms with Gasteiger partial charge in [-0.3, -0.25) is 9.69 Å². The van der Waals surface area contributed by atoms with Gasteiger partial charge in [-0.25, -0.2) is 4.98 Å². The highest BCUT2D eigenvalue weighted by atomic mass is 16.5. The van der Waals surface area contributed by atoms with Gasteiger partial charge in [0.05, 0.1) is 13.2 Å². The Balaban J connectivity index is 0.00000211. The van der Waals surface area contributed by atoms with Crippen LogP contribution in [-0.2, 0) is 9.53 Å². The van der Waals surface area contributed by atoms with Gasteiger partial charge < -0.3 is 9.84 Å². The van der Waals surface area contributed by atoms with E-state index in [1.807, 2.05) is 34.6 Å². The van der Waals surface area contributed by atoms with Crippen LogP contribution in [0, 0.1) is 5.41 Å². The zero-order chi connectivity index (χ0) is 17.3. The van der Waals surface area contributed by atoms with E-state index in [1.165, 1.54) is 6.20 Å². The number of anilines is 1. The highest BCUT2D eigenvalue weighted by Gasteiger charge is 2.28. The normalized spacial score (nSPS) is 10.5. The number of hydrogen-bond acceptors (Lipinski definition) is 4. The van der Waals surface area contributed by atoms with Crippen molar-refractivity contribution in [1.82, 2.24) is 4.98 Å². The number of aliphatic hydroxyl groups excluding tert-OH is 1. The summed E-state index contributed by atoms with van der Waals surface area (Å²) in [6.07, 6.45) is 1.49. The van der Waals surface area contributed by atoms with E-state index in [0.717, 1.165) is 0 Å². The summed E-state index contributed by atoms with van der Waals surface area (Å²) in [5.74, 6) is 0.458. The van der Waals surface area contributed by atoms with Crippen molar-refractivity contribution >= 4 is 17.5 Å². The first-order chi connectivity index (χ1) is 10.3. The SMILES string of the molecule is C=C(O)c1ccc(N(CCOC)C(=O)C(C)(C)C)nc1.CC. The zero-order valence-electron chi connectivity index (χ0n) is 14.5. The number of nitrogens with zero attached hydrogens (tertiary/aromatic N) is 2. The van der Waals surface area contributed by atoms with Gasteiger partial charge >= 0.3 is 0 Å². The van der Waals surface area contributed by atoms with Crippen molar-refractivity contribution in [2.45, 2.75) is 34.6 Å². The van der Waals surface area contributed by atoms with Crippen LogP contribution in [0.4, 0.5) is 5.82 Å². The lowest BCUT2D eigenvalue weighted by Gasteiger charge is -2.28. The molecular weight excluding hydrogens is 280 g/mol. The molecule has 124 valence electrons. The van der Waals surface area contributed by atoms with E-state index < -0.39 is 5.41 Å². The van der Waals surface area contributed by atoms with E-state index in [2.05, 4.69) is 11.6 Å². The fraction of sp³-hybridized carbons (Fsp3) is 0.529. The van der Waals surface area contributed by atoms with Crippen LogP contribution in [0.2, 0.25) is 0 Å². The maximum atomic E-state index is 12.5. The van der Waals surface area contributed by atoms with Gasteiger partial charge in [0.15, 0.2) is 0 Å². The minimum atomic E-state index is -0.505. The minimum absolute atomic E-state index is 0.0300. The molecule has 0 unspecified atom stereocenters. The monoisotopic (exact) mass is 308 g/mol. The van der Waals surface area contributed by atoms with Crippen LogP contribution in [0.15, 0.2) is 24.9 Å². The predicted molar refractivity (Wildman–Crippen MR) is 90.9 cm³/mol. The number of aromatic nitrogens is 1. The van der Waals surface area contributed by atoms with Crippen LogP contribution in [0.3, 0.4) is 0 Å².